The summed E-state index contributed by atoms with van der Waals surface area (Å²) in [6, 6.07) is 27.9. The highest BCUT2D eigenvalue weighted by molar-refractivity contribution is 6.00. The molecule has 0 saturated carbocycles. The van der Waals surface area contributed by atoms with Gasteiger partial charge in [0, 0.05) is 32.0 Å². The Hall–Kier alpha value is -4.50. The van der Waals surface area contributed by atoms with Crippen LogP contribution >= 0.6 is 0 Å². The van der Waals surface area contributed by atoms with Gasteiger partial charge in [-0.25, -0.2) is 4.99 Å². The highest BCUT2D eigenvalue weighted by Gasteiger charge is 2.37. The molecule has 2 aliphatic heterocycles. The number of aliphatic imine (C=N–C) groups is 1. The zero-order chi connectivity index (χ0) is 28.2. The number of methoxy groups -OCH3 is 1. The Morgan fingerprint density at radius 1 is 0.976 bits per heavy atom. The molecule has 3 aromatic carbocycles. The molecule has 0 fully saturated rings. The van der Waals surface area contributed by atoms with E-state index in [9.17, 15) is 0 Å². The maximum absolute atomic E-state index is 5.47. The first-order valence-electron chi connectivity index (χ1n) is 14.2. The van der Waals surface area contributed by atoms with E-state index in [0.717, 1.165) is 48.7 Å². The van der Waals surface area contributed by atoms with Gasteiger partial charge in [-0.15, -0.1) is 10.2 Å². The van der Waals surface area contributed by atoms with Crippen molar-refractivity contribution in [2.75, 3.05) is 26.9 Å². The molecule has 2 aliphatic rings. The van der Waals surface area contributed by atoms with Crippen LogP contribution in [0.2, 0.25) is 0 Å². The van der Waals surface area contributed by atoms with Crippen molar-refractivity contribution < 1.29 is 4.74 Å². The molecule has 210 valence electrons. The fourth-order valence-corrected chi connectivity index (χ4v) is 5.63. The second-order valence-electron chi connectivity index (χ2n) is 10.5. The van der Waals surface area contributed by atoms with Crippen LogP contribution in [-0.2, 0) is 11.3 Å². The summed E-state index contributed by atoms with van der Waals surface area (Å²) in [5.41, 5.74) is 6.85. The van der Waals surface area contributed by atoms with E-state index >= 15 is 0 Å². The number of aromatic amines is 1. The minimum Gasteiger partial charge on any atom is -0.383 e. The summed E-state index contributed by atoms with van der Waals surface area (Å²) in [6.07, 6.45) is 3.33. The summed E-state index contributed by atoms with van der Waals surface area (Å²) in [5, 5.41) is 14.7. The van der Waals surface area contributed by atoms with Crippen LogP contribution in [0.25, 0.3) is 22.5 Å². The summed E-state index contributed by atoms with van der Waals surface area (Å²) < 4.78 is 5.47. The lowest BCUT2D eigenvalue weighted by Gasteiger charge is -2.41. The topological polar surface area (TPSA) is 85.8 Å². The second-order valence-corrected chi connectivity index (χ2v) is 10.5. The van der Waals surface area contributed by atoms with Crippen LogP contribution in [0.4, 0.5) is 0 Å². The molecule has 1 aromatic heterocycles. The number of amidine groups is 1. The Labute approximate surface area is 241 Å². The lowest BCUT2D eigenvalue weighted by molar-refractivity contribution is 0.135. The quantitative estimate of drug-likeness (QED) is 0.288. The number of ether oxygens (including phenoxy) is 1. The minimum atomic E-state index is 0.0897. The van der Waals surface area contributed by atoms with Crippen LogP contribution in [0.3, 0.4) is 0 Å². The maximum Gasteiger partial charge on any atom is 0.205 e. The van der Waals surface area contributed by atoms with Crippen molar-refractivity contribution >= 4 is 5.84 Å². The molecule has 0 aliphatic carbocycles. The predicted molar refractivity (Wildman–Crippen MR) is 160 cm³/mol. The third-order valence-electron chi connectivity index (χ3n) is 7.93. The zero-order valence-corrected chi connectivity index (χ0v) is 23.8. The largest absolute Gasteiger partial charge is 0.383 e. The number of tetrazole rings is 1. The number of fused-ring (bicyclic) bond motifs is 1. The van der Waals surface area contributed by atoms with Crippen molar-refractivity contribution in [1.82, 2.24) is 35.3 Å². The van der Waals surface area contributed by atoms with Gasteiger partial charge in [0.15, 0.2) is 5.84 Å². The van der Waals surface area contributed by atoms with Crippen LogP contribution in [-0.4, -0.2) is 74.3 Å². The molecule has 0 saturated heterocycles. The summed E-state index contributed by atoms with van der Waals surface area (Å²) >= 11 is 0. The third kappa shape index (κ3) is 5.45. The first kappa shape index (κ1) is 26.7. The Morgan fingerprint density at radius 3 is 2.44 bits per heavy atom. The van der Waals surface area contributed by atoms with E-state index in [1.54, 1.807) is 7.11 Å². The van der Waals surface area contributed by atoms with E-state index in [0.29, 0.717) is 12.4 Å². The van der Waals surface area contributed by atoms with Crippen molar-refractivity contribution in [2.24, 2.45) is 4.99 Å². The standard InChI is InChI=1S/C32H36N8O/c1-4-30-33-32-29(21-39(22-38(32)18-19-41-3)23(2)25-10-6-5-7-11-25)40(30)20-24-14-16-26(17-15-24)27-12-8-9-13-28(27)31-34-36-37-35-31/h5-17,21,23,30H,4,18-20,22H2,1-3H3,(H,34,35,36,37). The molecule has 0 spiro atoms. The molecule has 9 heteroatoms. The Kier molecular flexibility index (Phi) is 7.78. The van der Waals surface area contributed by atoms with Crippen molar-refractivity contribution in [1.29, 1.82) is 0 Å². The molecule has 3 heterocycles. The van der Waals surface area contributed by atoms with Gasteiger partial charge < -0.3 is 19.4 Å². The second kappa shape index (κ2) is 11.9. The molecule has 9 nitrogen and oxygen atoms in total. The molecule has 6 rings (SSSR count). The highest BCUT2D eigenvalue weighted by Crippen LogP contribution is 2.34. The Morgan fingerprint density at radius 2 is 1.73 bits per heavy atom. The van der Waals surface area contributed by atoms with Crippen LogP contribution in [0.5, 0.6) is 0 Å². The summed E-state index contributed by atoms with van der Waals surface area (Å²) in [6.45, 7) is 7.48. The van der Waals surface area contributed by atoms with E-state index in [4.69, 9.17) is 9.73 Å². The molecule has 0 bridgehead atoms. The molecular weight excluding hydrogens is 512 g/mol. The third-order valence-corrected chi connectivity index (χ3v) is 7.93. The molecule has 1 N–H and O–H groups in total. The van der Waals surface area contributed by atoms with Gasteiger partial charge >= 0.3 is 0 Å². The SMILES string of the molecule is CCC1N=C2C(=CN(C(C)c3ccccc3)CN2CCOC)N1Cc1ccc(-c2ccccc2-c2nn[nH]n2)cc1. The lowest BCUT2D eigenvalue weighted by atomic mass is 9.98. The summed E-state index contributed by atoms with van der Waals surface area (Å²) in [5.74, 6) is 1.66. The normalized spacial score (nSPS) is 17.3. The van der Waals surface area contributed by atoms with E-state index in [1.165, 1.54) is 16.8 Å². The first-order valence-corrected chi connectivity index (χ1v) is 14.2. The van der Waals surface area contributed by atoms with E-state index in [1.807, 2.05) is 18.2 Å². The van der Waals surface area contributed by atoms with Gasteiger partial charge in [-0.2, -0.15) is 5.21 Å². The number of hydrogen-bond acceptors (Lipinski definition) is 8. The number of rotatable bonds is 10. The molecule has 4 aromatic rings. The van der Waals surface area contributed by atoms with Gasteiger partial charge in [0.25, 0.3) is 0 Å². The van der Waals surface area contributed by atoms with E-state index in [2.05, 4.69) is 116 Å². The number of nitrogens with one attached hydrogen (secondary N) is 1. The molecule has 0 amide bonds. The average Bonchev–Trinajstić information content (AvgIpc) is 3.69. The van der Waals surface area contributed by atoms with Crippen molar-refractivity contribution in [3.8, 4) is 22.5 Å². The fraction of sp³-hybridized carbons (Fsp3) is 0.312. The lowest BCUT2D eigenvalue weighted by Crippen LogP contribution is -2.47. The van der Waals surface area contributed by atoms with Gasteiger partial charge in [0.1, 0.15) is 6.17 Å². The predicted octanol–water partition coefficient (Wildman–Crippen LogP) is 5.31. The minimum absolute atomic E-state index is 0.0897. The van der Waals surface area contributed by atoms with Crippen LogP contribution in [0.1, 0.15) is 37.4 Å². The Bertz CT molecular complexity index is 1500. The van der Waals surface area contributed by atoms with Gasteiger partial charge in [-0.1, -0.05) is 85.8 Å². The van der Waals surface area contributed by atoms with Crippen molar-refractivity contribution in [2.45, 2.75) is 39.0 Å². The number of aromatic nitrogens is 4. The Balaban J connectivity index is 1.28. The van der Waals surface area contributed by atoms with E-state index < -0.39 is 0 Å². The number of benzene rings is 3. The van der Waals surface area contributed by atoms with Crippen LogP contribution in [0, 0.1) is 0 Å². The van der Waals surface area contributed by atoms with Crippen molar-refractivity contribution in [3.05, 3.63) is 102 Å². The van der Waals surface area contributed by atoms with Crippen molar-refractivity contribution in [3.63, 3.8) is 0 Å². The van der Waals surface area contributed by atoms with Gasteiger partial charge in [0.05, 0.1) is 25.0 Å². The number of hydrogen-bond donors (Lipinski definition) is 1. The molecule has 2 atom stereocenters. The molecular formula is C32H36N8O. The summed E-state index contributed by atoms with van der Waals surface area (Å²) in [7, 11) is 1.76. The molecule has 2 unspecified atom stereocenters. The zero-order valence-electron chi connectivity index (χ0n) is 23.8. The van der Waals surface area contributed by atoms with Gasteiger partial charge in [-0.3, -0.25) is 0 Å². The van der Waals surface area contributed by atoms with Crippen LogP contribution in [0.15, 0.2) is 95.8 Å². The number of nitrogens with zero attached hydrogens (tertiary/aromatic N) is 7. The summed E-state index contributed by atoms with van der Waals surface area (Å²) in [4.78, 5) is 12.4. The fourth-order valence-electron chi connectivity index (χ4n) is 5.63. The smallest absolute Gasteiger partial charge is 0.205 e. The molecule has 0 radical (unpaired) electrons. The van der Waals surface area contributed by atoms with E-state index in [-0.39, 0.29) is 12.2 Å². The highest BCUT2D eigenvalue weighted by atomic mass is 16.5. The monoisotopic (exact) mass is 548 g/mol. The maximum atomic E-state index is 5.47. The van der Waals surface area contributed by atoms with Gasteiger partial charge in [0.2, 0.25) is 5.82 Å². The number of H-pyrrole nitrogens is 1. The average molecular weight is 549 g/mol. The molecule has 41 heavy (non-hydrogen) atoms. The van der Waals surface area contributed by atoms with Gasteiger partial charge in [-0.05, 0) is 40.8 Å². The van der Waals surface area contributed by atoms with Crippen LogP contribution < -0.4 is 0 Å². The first-order chi connectivity index (χ1) is 20.2.